The van der Waals surface area contributed by atoms with E-state index in [0.717, 1.165) is 15.0 Å². The molecule has 0 aromatic heterocycles. The quantitative estimate of drug-likeness (QED) is 0.537. The summed E-state index contributed by atoms with van der Waals surface area (Å²) in [6, 6.07) is 0. The Kier molecular flexibility index (Phi) is 5.72. The van der Waals surface area contributed by atoms with Crippen molar-refractivity contribution < 1.29 is 0 Å². The number of hydrogen-bond acceptors (Lipinski definition) is 1. The summed E-state index contributed by atoms with van der Waals surface area (Å²) >= 11 is 2.82. The molecule has 0 aliphatic carbocycles. The van der Waals surface area contributed by atoms with Crippen LogP contribution >= 0.6 is 11.8 Å². The van der Waals surface area contributed by atoms with E-state index in [2.05, 4.69) is 12.1 Å². The Labute approximate surface area is 43.9 Å². The van der Waals surface area contributed by atoms with Crippen LogP contribution in [0.3, 0.4) is 0 Å². The summed E-state index contributed by atoms with van der Waals surface area (Å²) in [6.45, 7) is 0. The van der Waals surface area contributed by atoms with Crippen LogP contribution in [0.1, 0.15) is 0 Å². The van der Waals surface area contributed by atoms with Crippen LogP contribution in [0.25, 0.3) is 0 Å². The molecule has 0 radical (unpaired) electrons. The molecule has 2 heteroatoms. The van der Waals surface area contributed by atoms with Crippen LogP contribution in [0, 0.1) is 0 Å². The van der Waals surface area contributed by atoms with Gasteiger partial charge in [-0.25, -0.2) is 0 Å². The van der Waals surface area contributed by atoms with Gasteiger partial charge in [-0.3, -0.25) is 0 Å². The first kappa shape index (κ1) is 5.87. The van der Waals surface area contributed by atoms with Gasteiger partial charge in [0, 0.05) is 0 Å². The SMILES string of the molecule is CSC[Se]C. The van der Waals surface area contributed by atoms with Gasteiger partial charge >= 0.3 is 43.4 Å². The van der Waals surface area contributed by atoms with Crippen LogP contribution in [-0.4, -0.2) is 25.9 Å². The predicted molar refractivity (Wildman–Crippen MR) is 30.0 cm³/mol. The van der Waals surface area contributed by atoms with Crippen molar-refractivity contribution in [2.75, 3.05) is 10.9 Å². The van der Waals surface area contributed by atoms with E-state index in [-0.39, 0.29) is 0 Å². The molecule has 0 amide bonds. The molecule has 0 bridgehead atoms. The summed E-state index contributed by atoms with van der Waals surface area (Å²) in [6.07, 6.45) is 2.14. The third kappa shape index (κ3) is 4.87. The molecule has 0 saturated carbocycles. The first-order chi connectivity index (χ1) is 2.41. The molecule has 0 atom stereocenters. The van der Waals surface area contributed by atoms with Gasteiger partial charge in [0.2, 0.25) is 0 Å². The van der Waals surface area contributed by atoms with Gasteiger partial charge in [0.05, 0.1) is 0 Å². The molecule has 0 rings (SSSR count). The number of hydrogen-bond donors (Lipinski definition) is 0. The summed E-state index contributed by atoms with van der Waals surface area (Å²) in [5.41, 5.74) is 0. The fourth-order valence-corrected chi connectivity index (χ4v) is 1.84. The molecule has 0 nitrogen and oxygen atoms in total. The Morgan fingerprint density at radius 2 is 2.40 bits per heavy atom. The second-order valence-electron chi connectivity index (χ2n) is 0.695. The molecule has 0 aromatic carbocycles. The zero-order valence-electron chi connectivity index (χ0n) is 3.52. The molecule has 0 heterocycles. The average molecular weight is 155 g/mol. The third-order valence-electron chi connectivity index (χ3n) is 0.236. The summed E-state index contributed by atoms with van der Waals surface area (Å²) < 4.78 is 1.37. The van der Waals surface area contributed by atoms with Crippen LogP contribution < -0.4 is 0 Å². The molecular formula is C3H8SSe. The van der Waals surface area contributed by atoms with E-state index in [4.69, 9.17) is 0 Å². The zero-order chi connectivity index (χ0) is 4.12. The Balaban J connectivity index is 2.19. The van der Waals surface area contributed by atoms with E-state index >= 15 is 0 Å². The minimum atomic E-state index is 0.888. The van der Waals surface area contributed by atoms with Crippen LogP contribution in [0.2, 0.25) is 5.82 Å². The van der Waals surface area contributed by atoms with E-state index in [1.165, 1.54) is 4.65 Å². The molecule has 32 valence electrons. The maximum absolute atomic E-state index is 2.25. The van der Waals surface area contributed by atoms with E-state index < -0.39 is 0 Å². The summed E-state index contributed by atoms with van der Waals surface area (Å²) in [7, 11) is 0. The Morgan fingerprint density at radius 1 is 1.80 bits per heavy atom. The van der Waals surface area contributed by atoms with E-state index in [9.17, 15) is 0 Å². The molecule has 0 unspecified atom stereocenters. The van der Waals surface area contributed by atoms with Gasteiger partial charge in [-0.05, 0) is 0 Å². The van der Waals surface area contributed by atoms with Crippen molar-refractivity contribution in [3.05, 3.63) is 0 Å². The van der Waals surface area contributed by atoms with Crippen molar-refractivity contribution in [2.24, 2.45) is 0 Å². The van der Waals surface area contributed by atoms with Crippen molar-refractivity contribution in [3.63, 3.8) is 0 Å². The Morgan fingerprint density at radius 3 is 2.40 bits per heavy atom. The molecule has 0 aliphatic heterocycles. The van der Waals surface area contributed by atoms with Crippen LogP contribution in [0.15, 0.2) is 0 Å². The number of thioether (sulfide) groups is 1. The molecule has 0 fully saturated rings. The molecule has 0 N–H and O–H groups in total. The topological polar surface area (TPSA) is 0 Å². The summed E-state index contributed by atoms with van der Waals surface area (Å²) in [4.78, 5) is 0. The van der Waals surface area contributed by atoms with Gasteiger partial charge in [0.15, 0.2) is 0 Å². The molecule has 0 spiro atoms. The average Bonchev–Trinajstić information content (AvgIpc) is 1.41. The third-order valence-corrected chi connectivity index (χ3v) is 3.67. The van der Waals surface area contributed by atoms with Crippen LogP contribution in [-0.2, 0) is 0 Å². The normalized spacial score (nSPS) is 8.40. The predicted octanol–water partition coefficient (Wildman–Crippen LogP) is 1.06. The standard InChI is InChI=1S/C3H8SSe/c1-4-3-5-2/h3H2,1-2H3. The van der Waals surface area contributed by atoms with Crippen molar-refractivity contribution in [3.8, 4) is 0 Å². The first-order valence-corrected chi connectivity index (χ1v) is 5.71. The fraction of sp³-hybridized carbons (Fsp3) is 1.00. The number of rotatable bonds is 2. The molecule has 0 aromatic rings. The molecule has 0 saturated heterocycles. The van der Waals surface area contributed by atoms with Gasteiger partial charge in [-0.2, -0.15) is 0 Å². The second kappa shape index (κ2) is 4.87. The monoisotopic (exact) mass is 156 g/mol. The molecule has 0 aliphatic rings. The Bertz CT molecular complexity index is 14.4. The van der Waals surface area contributed by atoms with Crippen LogP contribution in [0.4, 0.5) is 0 Å². The summed E-state index contributed by atoms with van der Waals surface area (Å²) in [5, 5.41) is 0. The van der Waals surface area contributed by atoms with Gasteiger partial charge < -0.3 is 0 Å². The second-order valence-corrected chi connectivity index (χ2v) is 4.20. The Hall–Kier alpha value is 0.869. The van der Waals surface area contributed by atoms with Gasteiger partial charge in [0.25, 0.3) is 0 Å². The van der Waals surface area contributed by atoms with E-state index in [1.54, 1.807) is 0 Å². The van der Waals surface area contributed by atoms with Crippen molar-refractivity contribution in [1.82, 2.24) is 0 Å². The van der Waals surface area contributed by atoms with Crippen molar-refractivity contribution >= 4 is 26.7 Å². The minimum absolute atomic E-state index is 0.888. The van der Waals surface area contributed by atoms with E-state index in [0.29, 0.717) is 0 Å². The molecule has 5 heavy (non-hydrogen) atoms. The molecular weight excluding hydrogens is 147 g/mol. The fourth-order valence-electron chi connectivity index (χ4n) is 0.118. The van der Waals surface area contributed by atoms with Crippen molar-refractivity contribution in [2.45, 2.75) is 5.82 Å². The van der Waals surface area contributed by atoms with E-state index in [1.807, 2.05) is 11.8 Å². The van der Waals surface area contributed by atoms with Gasteiger partial charge in [0.1, 0.15) is 0 Å². The van der Waals surface area contributed by atoms with Gasteiger partial charge in [-0.1, -0.05) is 0 Å². The maximum atomic E-state index is 2.25. The van der Waals surface area contributed by atoms with Crippen LogP contribution in [0.5, 0.6) is 0 Å². The van der Waals surface area contributed by atoms with Crippen molar-refractivity contribution in [1.29, 1.82) is 0 Å². The first-order valence-electron chi connectivity index (χ1n) is 1.39. The zero-order valence-corrected chi connectivity index (χ0v) is 6.05. The van der Waals surface area contributed by atoms with Gasteiger partial charge in [-0.15, -0.1) is 0 Å². The summed E-state index contributed by atoms with van der Waals surface area (Å²) in [5.74, 6) is 2.25.